The van der Waals surface area contributed by atoms with Crippen molar-refractivity contribution < 1.29 is 14.3 Å². The molecule has 0 saturated carbocycles. The van der Waals surface area contributed by atoms with Gasteiger partial charge in [-0.05, 0) is 44.0 Å². The lowest BCUT2D eigenvalue weighted by atomic mass is 10.2. The van der Waals surface area contributed by atoms with E-state index < -0.39 is 0 Å². The van der Waals surface area contributed by atoms with E-state index >= 15 is 0 Å². The molecule has 1 aromatic heterocycles. The van der Waals surface area contributed by atoms with E-state index in [0.717, 1.165) is 29.2 Å². The topological polar surface area (TPSA) is 73.3 Å². The fraction of sp³-hybridized carbons (Fsp3) is 0.389. The maximum absolute atomic E-state index is 11.9. The molecule has 0 saturated heterocycles. The molecule has 7 heteroatoms. The average molecular weight is 361 g/mol. The molecule has 0 aliphatic heterocycles. The lowest BCUT2D eigenvalue weighted by Crippen LogP contribution is -2.07. The van der Waals surface area contributed by atoms with Crippen molar-refractivity contribution in [3.8, 4) is 11.5 Å². The molecule has 1 aromatic carbocycles. The van der Waals surface area contributed by atoms with Crippen LogP contribution in [-0.2, 0) is 4.79 Å². The maximum atomic E-state index is 11.9. The standard InChI is InChI=1S/C18H23N3O3S/c1-4-6-11-24-15-9-7-14(12-16(15)23-5-2)8-10-17(22)19-18-21-20-13(3)25-18/h7-10,12H,4-6,11H2,1-3H3,(H,19,21,22)/b10-8+. The molecule has 0 unspecified atom stereocenters. The van der Waals surface area contributed by atoms with Gasteiger partial charge in [-0.1, -0.05) is 30.7 Å². The van der Waals surface area contributed by atoms with E-state index in [1.165, 1.54) is 17.4 Å². The monoisotopic (exact) mass is 361 g/mol. The van der Waals surface area contributed by atoms with Crippen LogP contribution in [0, 0.1) is 6.92 Å². The fourth-order valence-corrected chi connectivity index (χ4v) is 2.60. The molecule has 1 heterocycles. The van der Waals surface area contributed by atoms with Crippen molar-refractivity contribution in [3.63, 3.8) is 0 Å². The summed E-state index contributed by atoms with van der Waals surface area (Å²) in [6.07, 6.45) is 5.26. The summed E-state index contributed by atoms with van der Waals surface area (Å²) in [7, 11) is 0. The summed E-state index contributed by atoms with van der Waals surface area (Å²) in [4.78, 5) is 11.9. The van der Waals surface area contributed by atoms with Gasteiger partial charge in [0.15, 0.2) is 11.5 Å². The van der Waals surface area contributed by atoms with E-state index in [1.54, 1.807) is 6.08 Å². The number of ether oxygens (including phenoxy) is 2. The Labute approximate surface area is 151 Å². The van der Waals surface area contributed by atoms with E-state index in [9.17, 15) is 4.79 Å². The second-order valence-corrected chi connectivity index (χ2v) is 6.47. The first-order chi connectivity index (χ1) is 12.1. The minimum absolute atomic E-state index is 0.252. The van der Waals surface area contributed by atoms with Gasteiger partial charge >= 0.3 is 0 Å². The van der Waals surface area contributed by atoms with Crippen LogP contribution >= 0.6 is 11.3 Å². The first-order valence-electron chi connectivity index (χ1n) is 8.31. The molecule has 25 heavy (non-hydrogen) atoms. The molecule has 2 aromatic rings. The number of anilines is 1. The van der Waals surface area contributed by atoms with Gasteiger partial charge in [0, 0.05) is 6.08 Å². The molecule has 1 N–H and O–H groups in total. The number of aryl methyl sites for hydroxylation is 1. The van der Waals surface area contributed by atoms with Gasteiger partial charge in [0.05, 0.1) is 13.2 Å². The number of aromatic nitrogens is 2. The highest BCUT2D eigenvalue weighted by molar-refractivity contribution is 7.15. The number of unbranched alkanes of at least 4 members (excludes halogenated alkanes) is 1. The molecule has 0 bridgehead atoms. The van der Waals surface area contributed by atoms with Gasteiger partial charge in [-0.2, -0.15) is 0 Å². The van der Waals surface area contributed by atoms with E-state index in [1.807, 2.05) is 32.0 Å². The van der Waals surface area contributed by atoms with E-state index in [4.69, 9.17) is 9.47 Å². The van der Waals surface area contributed by atoms with E-state index in [-0.39, 0.29) is 5.91 Å². The zero-order valence-corrected chi connectivity index (χ0v) is 15.6. The zero-order valence-electron chi connectivity index (χ0n) is 14.7. The van der Waals surface area contributed by atoms with Crippen LogP contribution in [0.2, 0.25) is 0 Å². The van der Waals surface area contributed by atoms with Crippen molar-refractivity contribution in [1.29, 1.82) is 0 Å². The molecule has 0 atom stereocenters. The molecule has 134 valence electrons. The molecule has 2 rings (SSSR count). The maximum Gasteiger partial charge on any atom is 0.250 e. The van der Waals surface area contributed by atoms with Crippen LogP contribution in [-0.4, -0.2) is 29.3 Å². The van der Waals surface area contributed by atoms with Crippen molar-refractivity contribution in [1.82, 2.24) is 10.2 Å². The minimum atomic E-state index is -0.252. The van der Waals surface area contributed by atoms with Gasteiger partial charge in [0.1, 0.15) is 5.01 Å². The quantitative estimate of drug-likeness (QED) is 0.538. The first kappa shape index (κ1) is 18.9. The molecule has 0 aliphatic carbocycles. The molecule has 6 nitrogen and oxygen atoms in total. The third-order valence-electron chi connectivity index (χ3n) is 3.21. The van der Waals surface area contributed by atoms with Crippen molar-refractivity contribution in [2.45, 2.75) is 33.6 Å². The number of benzene rings is 1. The van der Waals surface area contributed by atoms with E-state index in [2.05, 4.69) is 22.4 Å². The van der Waals surface area contributed by atoms with Gasteiger partial charge in [-0.15, -0.1) is 10.2 Å². The smallest absolute Gasteiger partial charge is 0.250 e. The Kier molecular flexibility index (Phi) is 7.40. The molecular weight excluding hydrogens is 338 g/mol. The number of carbonyl (C=O) groups excluding carboxylic acids is 1. The number of rotatable bonds is 9. The normalized spacial score (nSPS) is 10.8. The lowest BCUT2D eigenvalue weighted by molar-refractivity contribution is -0.111. The minimum Gasteiger partial charge on any atom is -0.490 e. The van der Waals surface area contributed by atoms with Crippen LogP contribution in [0.25, 0.3) is 6.08 Å². The summed E-state index contributed by atoms with van der Waals surface area (Å²) < 4.78 is 11.4. The Hall–Kier alpha value is -2.41. The predicted molar refractivity (Wildman–Crippen MR) is 100 cm³/mol. The summed E-state index contributed by atoms with van der Waals surface area (Å²) in [6, 6.07) is 5.62. The molecule has 0 aliphatic rings. The Balaban J connectivity index is 2.02. The summed E-state index contributed by atoms with van der Waals surface area (Å²) >= 11 is 1.33. The van der Waals surface area contributed by atoms with Gasteiger partial charge in [0.2, 0.25) is 11.0 Å². The van der Waals surface area contributed by atoms with Crippen LogP contribution in [0.4, 0.5) is 5.13 Å². The largest absolute Gasteiger partial charge is 0.490 e. The van der Waals surface area contributed by atoms with Crippen molar-refractivity contribution in [2.75, 3.05) is 18.5 Å². The number of hydrogen-bond donors (Lipinski definition) is 1. The van der Waals surface area contributed by atoms with Crippen LogP contribution in [0.1, 0.15) is 37.3 Å². The highest BCUT2D eigenvalue weighted by atomic mass is 32.1. The third-order valence-corrected chi connectivity index (χ3v) is 3.96. The van der Waals surface area contributed by atoms with Crippen LogP contribution < -0.4 is 14.8 Å². The SMILES string of the molecule is CCCCOc1ccc(/C=C/C(=O)Nc2nnc(C)s2)cc1OCC. The fourth-order valence-electron chi connectivity index (χ4n) is 2.01. The Morgan fingerprint density at radius 2 is 2.08 bits per heavy atom. The number of nitrogens with one attached hydrogen (secondary N) is 1. The van der Waals surface area contributed by atoms with Crippen molar-refractivity contribution in [2.24, 2.45) is 0 Å². The Morgan fingerprint density at radius 1 is 1.24 bits per heavy atom. The second kappa shape index (κ2) is 9.78. The average Bonchev–Trinajstić information content (AvgIpc) is 3.00. The highest BCUT2D eigenvalue weighted by Gasteiger charge is 2.07. The summed E-state index contributed by atoms with van der Waals surface area (Å²) in [5.74, 6) is 1.15. The summed E-state index contributed by atoms with van der Waals surface area (Å²) in [6.45, 7) is 7.09. The van der Waals surface area contributed by atoms with Gasteiger partial charge < -0.3 is 9.47 Å². The number of nitrogens with zero attached hydrogens (tertiary/aromatic N) is 2. The summed E-state index contributed by atoms with van der Waals surface area (Å²) in [5, 5.41) is 11.7. The molecule has 0 spiro atoms. The molecule has 0 fully saturated rings. The van der Waals surface area contributed by atoms with Crippen LogP contribution in [0.15, 0.2) is 24.3 Å². The van der Waals surface area contributed by atoms with Crippen LogP contribution in [0.3, 0.4) is 0 Å². The number of hydrogen-bond acceptors (Lipinski definition) is 6. The summed E-state index contributed by atoms with van der Waals surface area (Å²) in [5.41, 5.74) is 0.856. The Bertz CT molecular complexity index is 728. The van der Waals surface area contributed by atoms with Gasteiger partial charge in [0.25, 0.3) is 0 Å². The van der Waals surface area contributed by atoms with Gasteiger partial charge in [-0.25, -0.2) is 0 Å². The van der Waals surface area contributed by atoms with Crippen molar-refractivity contribution >= 4 is 28.5 Å². The third kappa shape index (κ3) is 6.19. The first-order valence-corrected chi connectivity index (χ1v) is 9.12. The molecular formula is C18H23N3O3S. The van der Waals surface area contributed by atoms with Crippen LogP contribution in [0.5, 0.6) is 11.5 Å². The van der Waals surface area contributed by atoms with Crippen molar-refractivity contribution in [3.05, 3.63) is 34.8 Å². The second-order valence-electron chi connectivity index (χ2n) is 5.29. The number of amides is 1. The molecule has 0 radical (unpaired) electrons. The number of carbonyl (C=O) groups is 1. The predicted octanol–water partition coefficient (Wildman–Crippen LogP) is 4.08. The highest BCUT2D eigenvalue weighted by Crippen LogP contribution is 2.29. The Morgan fingerprint density at radius 3 is 2.76 bits per heavy atom. The van der Waals surface area contributed by atoms with E-state index in [0.29, 0.717) is 24.1 Å². The zero-order chi connectivity index (χ0) is 18.1. The molecule has 1 amide bonds. The lowest BCUT2D eigenvalue weighted by Gasteiger charge is -2.12. The van der Waals surface area contributed by atoms with Gasteiger partial charge in [-0.3, -0.25) is 10.1 Å².